The van der Waals surface area contributed by atoms with Crippen molar-refractivity contribution < 1.29 is 153 Å². The van der Waals surface area contributed by atoms with Gasteiger partial charge in [0.1, 0.15) is 116 Å². The molecule has 3 amide bonds. The lowest BCUT2D eigenvalue weighted by molar-refractivity contribution is -0.403. The standard InChI is InChI=1S/C75H136N4O31/c1-5-7-9-11-13-15-17-19-21-23-25-27-29-31-33-35-47(87)46(79-69(98)45(76)34-32-30-28-26-24-22-20-18-16-14-12-10-8-6-2)42-101-71-62(96)60(94)64(52(40-83)104-71)106-73-63(97)68(110-75(74(99)100)36-48(88)54(77-43(3)85)67(109-75)56(90)49(89)37-80)65(53(41-84)105-73)107-70-55(78-44(4)86)66(58(92)51(39-82)102-70)108-72-61(95)59(93)57(91)50(38-81)103-72/h33,35,45-68,70-73,80-84,87-97H,5-32,34,36-42,76H2,1-4H3,(H,77,85)(H,78,86)(H,79,98)(H,99,100)/b35-33-/t45?,46-,47+,48-,49+,50+,51+,52+,53+,54+,55+,56+,57-,58-,59-,60+,61+,62+,63+,64+,65-,66+,67+,68+,70-,71+,72-,73-,75-/m0/s1. The SMILES string of the molecule is CCCCCCCCCCCCCCC/C=C\[C@@H](O)[C@H](CO[C@@H]1O[C@H](CO)[C@@H](O[C@@H]2O[C@H](CO)[C@H](O[C@@H]3O[C@H](CO)[C@H](O)[C@H](O[C@@H]4O[C@H](CO)[C@H](O)[C@H](O)[C@H]4O)[C@H]3NC(C)=O)[C@H](O[C@]3(C(=O)O)C[C@H](O)[C@@H](NC(C)=O)[C@H]([C@H](O)[C@H](O)CO)O3)[C@H]2O)[C@H](O)[C@H]1O)NC(=O)C(N)CCCCCCCCCCCCCCCC. The Morgan fingerprint density at radius 3 is 1.45 bits per heavy atom. The first-order valence-corrected chi connectivity index (χ1v) is 40.3. The van der Waals surface area contributed by atoms with E-state index in [1.54, 1.807) is 6.08 Å². The van der Waals surface area contributed by atoms with E-state index in [1.807, 2.05) is 0 Å². The molecule has 29 atom stereocenters. The number of carboxylic acid groups (broad SMARTS) is 1. The molecule has 0 saturated carbocycles. The molecule has 35 nitrogen and oxygen atoms in total. The van der Waals surface area contributed by atoms with Gasteiger partial charge in [-0.1, -0.05) is 193 Å². The van der Waals surface area contributed by atoms with E-state index < -0.39 is 247 Å². The van der Waals surface area contributed by atoms with Crippen LogP contribution in [0.2, 0.25) is 0 Å². The van der Waals surface area contributed by atoms with Crippen LogP contribution in [0, 0.1) is 0 Å². The van der Waals surface area contributed by atoms with Crippen LogP contribution in [0.3, 0.4) is 0 Å². The van der Waals surface area contributed by atoms with Gasteiger partial charge in [0.25, 0.3) is 5.79 Å². The van der Waals surface area contributed by atoms with Crippen LogP contribution in [0.25, 0.3) is 0 Å². The van der Waals surface area contributed by atoms with Crippen molar-refractivity contribution in [3.05, 3.63) is 12.2 Å². The zero-order valence-corrected chi connectivity index (χ0v) is 64.7. The maximum atomic E-state index is 13.8. The number of carbonyl (C=O) groups is 4. The minimum Gasteiger partial charge on any atom is -0.477 e. The number of aliphatic hydroxyl groups is 16. The third-order valence-corrected chi connectivity index (χ3v) is 21.3. The number of nitrogens with one attached hydrogen (secondary N) is 3. The minimum absolute atomic E-state index is 0.341. The second-order valence-corrected chi connectivity index (χ2v) is 30.2. The summed E-state index contributed by atoms with van der Waals surface area (Å²) in [5.41, 5.74) is 6.45. The van der Waals surface area contributed by atoms with Gasteiger partial charge >= 0.3 is 5.97 Å². The van der Waals surface area contributed by atoms with Crippen LogP contribution in [0.1, 0.15) is 220 Å². The maximum Gasteiger partial charge on any atom is 0.364 e. The van der Waals surface area contributed by atoms with Gasteiger partial charge in [0.2, 0.25) is 17.7 Å². The van der Waals surface area contributed by atoms with E-state index in [4.69, 9.17) is 53.1 Å². The molecule has 5 heterocycles. The molecule has 0 bridgehead atoms. The van der Waals surface area contributed by atoms with Gasteiger partial charge in [-0.15, -0.1) is 0 Å². The number of unbranched alkanes of at least 4 members (excludes halogenated alkanes) is 26. The van der Waals surface area contributed by atoms with Crippen LogP contribution in [0.15, 0.2) is 12.2 Å². The van der Waals surface area contributed by atoms with Crippen molar-refractivity contribution in [3.8, 4) is 0 Å². The van der Waals surface area contributed by atoms with E-state index in [9.17, 15) is 106 Å². The Labute approximate surface area is 645 Å². The topological polar surface area (TPSA) is 567 Å². The summed E-state index contributed by atoms with van der Waals surface area (Å²) in [5, 5.41) is 197. The molecule has 22 N–H and O–H groups in total. The van der Waals surface area contributed by atoms with Crippen molar-refractivity contribution in [1.82, 2.24) is 16.0 Å². The second kappa shape index (κ2) is 51.6. The van der Waals surface area contributed by atoms with Crippen molar-refractivity contribution in [3.63, 3.8) is 0 Å². The van der Waals surface area contributed by atoms with Gasteiger partial charge in [-0.25, -0.2) is 4.79 Å². The highest BCUT2D eigenvalue weighted by molar-refractivity contribution is 5.81. The zero-order valence-electron chi connectivity index (χ0n) is 64.7. The van der Waals surface area contributed by atoms with E-state index >= 15 is 0 Å². The molecule has 0 aromatic carbocycles. The molecule has 5 saturated heterocycles. The predicted molar refractivity (Wildman–Crippen MR) is 391 cm³/mol. The number of aliphatic carboxylic acids is 1. The molecule has 0 aromatic rings. The van der Waals surface area contributed by atoms with Crippen molar-refractivity contribution >= 4 is 23.7 Å². The normalized spacial score (nSPS) is 34.3. The Morgan fingerprint density at radius 2 is 0.936 bits per heavy atom. The molecule has 0 aromatic heterocycles. The van der Waals surface area contributed by atoms with Gasteiger partial charge in [0, 0.05) is 20.3 Å². The number of rotatable bonds is 54. The number of nitrogens with two attached hydrogens (primary N) is 1. The molecule has 0 aliphatic carbocycles. The Balaban J connectivity index is 1.40. The van der Waals surface area contributed by atoms with Gasteiger partial charge in [-0.3, -0.25) is 14.4 Å². The minimum atomic E-state index is -3.39. The van der Waals surface area contributed by atoms with Crippen molar-refractivity contribution in [1.29, 1.82) is 0 Å². The van der Waals surface area contributed by atoms with Gasteiger partial charge < -0.3 is 156 Å². The van der Waals surface area contributed by atoms with E-state index in [0.29, 0.717) is 19.3 Å². The number of hydrogen-bond donors (Lipinski definition) is 21. The number of hydrogen-bond acceptors (Lipinski definition) is 31. The quantitative estimate of drug-likeness (QED) is 0.0248. The highest BCUT2D eigenvalue weighted by atomic mass is 16.8. The fourth-order valence-electron chi connectivity index (χ4n) is 14.7. The molecule has 110 heavy (non-hydrogen) atoms. The fraction of sp³-hybridized carbons (Fsp3) is 0.920. The van der Waals surface area contributed by atoms with Crippen molar-refractivity contribution in [2.45, 2.75) is 398 Å². The smallest absolute Gasteiger partial charge is 0.364 e. The number of carboxylic acids is 1. The second-order valence-electron chi connectivity index (χ2n) is 30.2. The Bertz CT molecular complexity index is 2580. The Kier molecular flexibility index (Phi) is 45.5. The first kappa shape index (κ1) is 97.1. The number of carbonyl (C=O) groups excluding carboxylic acids is 3. The van der Waals surface area contributed by atoms with Crippen LogP contribution in [-0.4, -0.2) is 327 Å². The summed E-state index contributed by atoms with van der Waals surface area (Å²) in [7, 11) is 0. The molecule has 642 valence electrons. The number of amides is 3. The van der Waals surface area contributed by atoms with E-state index in [-0.39, 0.29) is 0 Å². The summed E-state index contributed by atoms with van der Waals surface area (Å²) in [5.74, 6) is -7.95. The van der Waals surface area contributed by atoms with E-state index in [2.05, 4.69) is 29.8 Å². The van der Waals surface area contributed by atoms with Gasteiger partial charge in [0.05, 0.1) is 70.0 Å². The molecule has 35 heteroatoms. The molecule has 5 fully saturated rings. The summed E-state index contributed by atoms with van der Waals surface area (Å²) in [6, 6.07) is -5.90. The average Bonchev–Trinajstić information content (AvgIpc) is 0.746. The van der Waals surface area contributed by atoms with Gasteiger partial charge in [-0.2, -0.15) is 0 Å². The molecule has 5 rings (SSSR count). The average molecular weight is 1590 g/mol. The maximum absolute atomic E-state index is 13.8. The lowest BCUT2D eigenvalue weighted by Gasteiger charge is -2.52. The van der Waals surface area contributed by atoms with Crippen LogP contribution < -0.4 is 21.7 Å². The zero-order chi connectivity index (χ0) is 81.0. The van der Waals surface area contributed by atoms with Crippen molar-refractivity contribution in [2.75, 3.05) is 39.6 Å². The summed E-state index contributed by atoms with van der Waals surface area (Å²) in [4.78, 5) is 53.3. The van der Waals surface area contributed by atoms with Crippen molar-refractivity contribution in [2.24, 2.45) is 5.73 Å². The highest BCUT2D eigenvalue weighted by Crippen LogP contribution is 2.41. The Morgan fingerprint density at radius 1 is 0.500 bits per heavy atom. The molecular formula is C75H136N4O31. The molecule has 5 aliphatic rings. The largest absolute Gasteiger partial charge is 0.477 e. The summed E-state index contributed by atoms with van der Waals surface area (Å²) < 4.78 is 60.1. The summed E-state index contributed by atoms with van der Waals surface area (Å²) in [6.45, 7) is 0.217. The fourth-order valence-corrected chi connectivity index (χ4v) is 14.7. The lowest BCUT2D eigenvalue weighted by atomic mass is 9.88. The number of allylic oxidation sites excluding steroid dienone is 1. The third kappa shape index (κ3) is 29.9. The van der Waals surface area contributed by atoms with Crippen LogP contribution in [0.4, 0.5) is 0 Å². The third-order valence-electron chi connectivity index (χ3n) is 21.3. The van der Waals surface area contributed by atoms with Crippen LogP contribution in [0.5, 0.6) is 0 Å². The molecular weight excluding hydrogens is 1450 g/mol. The number of aliphatic hydroxyl groups excluding tert-OH is 16. The first-order chi connectivity index (χ1) is 52.7. The van der Waals surface area contributed by atoms with Gasteiger partial charge in [0.15, 0.2) is 25.2 Å². The lowest BCUT2D eigenvalue weighted by Crippen LogP contribution is -2.72. The van der Waals surface area contributed by atoms with E-state index in [0.717, 1.165) is 65.2 Å². The first-order valence-electron chi connectivity index (χ1n) is 40.3. The molecule has 1 unspecified atom stereocenters. The monoisotopic (exact) mass is 1590 g/mol. The van der Waals surface area contributed by atoms with Crippen LogP contribution in [-0.2, 0) is 66.5 Å². The van der Waals surface area contributed by atoms with E-state index in [1.165, 1.54) is 122 Å². The Hall–Kier alpha value is -3.46. The number of ether oxygens (including phenoxy) is 10. The van der Waals surface area contributed by atoms with Gasteiger partial charge in [-0.05, 0) is 19.3 Å². The summed E-state index contributed by atoms with van der Waals surface area (Å²) >= 11 is 0. The predicted octanol–water partition coefficient (Wildman–Crippen LogP) is -1.33. The van der Waals surface area contributed by atoms with Crippen LogP contribution >= 0.6 is 0 Å². The molecule has 0 radical (unpaired) electrons. The molecule has 5 aliphatic heterocycles. The molecule has 0 spiro atoms. The summed E-state index contributed by atoms with van der Waals surface area (Å²) in [6.07, 6.45) is -15.5. The highest BCUT2D eigenvalue weighted by Gasteiger charge is 2.62.